The van der Waals surface area contributed by atoms with Crippen molar-refractivity contribution in [3.8, 4) is 0 Å². The molecule has 3 nitrogen and oxygen atoms in total. The summed E-state index contributed by atoms with van der Waals surface area (Å²) in [6, 6.07) is 6.64. The maximum Gasteiger partial charge on any atom is 0.0674 e. The molecule has 1 aliphatic heterocycles. The standard InChI is InChI=1S/C12H19N3/c1-2-8-15-9-6-10(13)12(15)11-5-3-4-7-14-11/h3-5,7,10,12H,2,6,8-9,13H2,1H3. The Bertz CT molecular complexity index is 297. The number of pyridine rings is 1. The van der Waals surface area contributed by atoms with Gasteiger partial charge < -0.3 is 5.73 Å². The van der Waals surface area contributed by atoms with E-state index in [0.717, 1.165) is 25.2 Å². The molecule has 2 rings (SSSR count). The molecule has 2 unspecified atom stereocenters. The van der Waals surface area contributed by atoms with Gasteiger partial charge in [0.2, 0.25) is 0 Å². The number of aromatic nitrogens is 1. The highest BCUT2D eigenvalue weighted by Gasteiger charge is 2.32. The van der Waals surface area contributed by atoms with Crippen molar-refractivity contribution in [2.45, 2.75) is 31.8 Å². The molecular weight excluding hydrogens is 186 g/mol. The number of rotatable bonds is 3. The van der Waals surface area contributed by atoms with Crippen LogP contribution in [-0.2, 0) is 0 Å². The van der Waals surface area contributed by atoms with Crippen molar-refractivity contribution in [3.05, 3.63) is 30.1 Å². The summed E-state index contributed by atoms with van der Waals surface area (Å²) in [5.41, 5.74) is 7.27. The highest BCUT2D eigenvalue weighted by molar-refractivity contribution is 5.13. The minimum Gasteiger partial charge on any atom is -0.326 e. The second-order valence-electron chi connectivity index (χ2n) is 4.19. The Hall–Kier alpha value is -0.930. The van der Waals surface area contributed by atoms with Crippen LogP contribution in [0.4, 0.5) is 0 Å². The monoisotopic (exact) mass is 205 g/mol. The molecule has 0 amide bonds. The van der Waals surface area contributed by atoms with Gasteiger partial charge in [-0.25, -0.2) is 0 Å². The van der Waals surface area contributed by atoms with Gasteiger partial charge in [-0.2, -0.15) is 0 Å². The molecule has 2 atom stereocenters. The van der Waals surface area contributed by atoms with Gasteiger partial charge in [0.05, 0.1) is 11.7 Å². The first-order valence-electron chi connectivity index (χ1n) is 5.73. The minimum absolute atomic E-state index is 0.242. The molecule has 15 heavy (non-hydrogen) atoms. The van der Waals surface area contributed by atoms with Gasteiger partial charge in [0, 0.05) is 18.8 Å². The first kappa shape index (κ1) is 10.6. The zero-order chi connectivity index (χ0) is 10.7. The Morgan fingerprint density at radius 1 is 1.53 bits per heavy atom. The zero-order valence-corrected chi connectivity index (χ0v) is 9.26. The number of hydrogen-bond donors (Lipinski definition) is 1. The number of nitrogens with zero attached hydrogens (tertiary/aromatic N) is 2. The molecule has 1 aliphatic rings. The van der Waals surface area contributed by atoms with Crippen LogP contribution in [0.5, 0.6) is 0 Å². The van der Waals surface area contributed by atoms with Crippen LogP contribution < -0.4 is 5.73 Å². The highest BCUT2D eigenvalue weighted by Crippen LogP contribution is 2.29. The first-order chi connectivity index (χ1) is 7.33. The van der Waals surface area contributed by atoms with E-state index < -0.39 is 0 Å². The molecule has 2 N–H and O–H groups in total. The van der Waals surface area contributed by atoms with E-state index in [2.05, 4.69) is 22.9 Å². The fraction of sp³-hybridized carbons (Fsp3) is 0.583. The molecule has 0 aromatic carbocycles. The predicted octanol–water partition coefficient (Wildman–Crippen LogP) is 1.57. The summed E-state index contributed by atoms with van der Waals surface area (Å²) in [6.07, 6.45) is 4.11. The highest BCUT2D eigenvalue weighted by atomic mass is 15.2. The van der Waals surface area contributed by atoms with E-state index in [1.54, 1.807) is 0 Å². The average Bonchev–Trinajstić information content (AvgIpc) is 2.62. The second-order valence-corrected chi connectivity index (χ2v) is 4.19. The van der Waals surface area contributed by atoms with Crippen LogP contribution in [-0.4, -0.2) is 29.0 Å². The molecule has 0 bridgehead atoms. The first-order valence-corrected chi connectivity index (χ1v) is 5.73. The van der Waals surface area contributed by atoms with Crippen molar-refractivity contribution < 1.29 is 0 Å². The fourth-order valence-electron chi connectivity index (χ4n) is 2.38. The SMILES string of the molecule is CCCN1CCC(N)C1c1ccccn1. The maximum absolute atomic E-state index is 6.15. The Morgan fingerprint density at radius 2 is 2.40 bits per heavy atom. The lowest BCUT2D eigenvalue weighted by Crippen LogP contribution is -2.32. The topological polar surface area (TPSA) is 42.1 Å². The van der Waals surface area contributed by atoms with Crippen molar-refractivity contribution >= 4 is 0 Å². The van der Waals surface area contributed by atoms with Crippen LogP contribution in [0.15, 0.2) is 24.4 Å². The van der Waals surface area contributed by atoms with Crippen LogP contribution in [0.1, 0.15) is 31.5 Å². The number of likely N-dealkylation sites (tertiary alicyclic amines) is 1. The molecule has 2 heterocycles. The average molecular weight is 205 g/mol. The summed E-state index contributed by atoms with van der Waals surface area (Å²) < 4.78 is 0. The van der Waals surface area contributed by atoms with Crippen molar-refractivity contribution in [2.24, 2.45) is 5.73 Å². The molecule has 1 fully saturated rings. The second kappa shape index (κ2) is 4.73. The van der Waals surface area contributed by atoms with E-state index in [1.807, 2.05) is 18.3 Å². The van der Waals surface area contributed by atoms with Gasteiger partial charge in [-0.15, -0.1) is 0 Å². The van der Waals surface area contributed by atoms with Crippen molar-refractivity contribution in [1.29, 1.82) is 0 Å². The Balaban J connectivity index is 2.17. The number of nitrogens with two attached hydrogens (primary N) is 1. The molecular formula is C12H19N3. The van der Waals surface area contributed by atoms with E-state index in [9.17, 15) is 0 Å². The largest absolute Gasteiger partial charge is 0.326 e. The maximum atomic E-state index is 6.15. The fourth-order valence-corrected chi connectivity index (χ4v) is 2.38. The van der Waals surface area contributed by atoms with Crippen LogP contribution >= 0.6 is 0 Å². The van der Waals surface area contributed by atoms with E-state index >= 15 is 0 Å². The summed E-state index contributed by atoms with van der Waals surface area (Å²) >= 11 is 0. The van der Waals surface area contributed by atoms with Gasteiger partial charge >= 0.3 is 0 Å². The van der Waals surface area contributed by atoms with E-state index in [4.69, 9.17) is 5.73 Å². The molecule has 0 spiro atoms. The third kappa shape index (κ3) is 2.19. The lowest BCUT2D eigenvalue weighted by atomic mass is 10.1. The van der Waals surface area contributed by atoms with E-state index in [1.165, 1.54) is 6.42 Å². The molecule has 0 radical (unpaired) electrons. The summed E-state index contributed by atoms with van der Waals surface area (Å²) in [7, 11) is 0. The summed E-state index contributed by atoms with van der Waals surface area (Å²) in [5.74, 6) is 0. The van der Waals surface area contributed by atoms with Crippen LogP contribution in [0, 0.1) is 0 Å². The van der Waals surface area contributed by atoms with Crippen molar-refractivity contribution in [1.82, 2.24) is 9.88 Å². The van der Waals surface area contributed by atoms with Gasteiger partial charge in [-0.3, -0.25) is 9.88 Å². The normalized spacial score (nSPS) is 27.1. The molecule has 1 aromatic rings. The lowest BCUT2D eigenvalue weighted by molar-refractivity contribution is 0.244. The quantitative estimate of drug-likeness (QED) is 0.814. The van der Waals surface area contributed by atoms with Gasteiger partial charge in [-0.05, 0) is 31.5 Å². The molecule has 1 saturated heterocycles. The van der Waals surface area contributed by atoms with Gasteiger partial charge in [0.1, 0.15) is 0 Å². The minimum atomic E-state index is 0.242. The molecule has 0 aliphatic carbocycles. The summed E-state index contributed by atoms with van der Waals surface area (Å²) in [4.78, 5) is 6.87. The van der Waals surface area contributed by atoms with Crippen molar-refractivity contribution in [2.75, 3.05) is 13.1 Å². The molecule has 0 saturated carbocycles. The van der Waals surface area contributed by atoms with Gasteiger partial charge in [0.25, 0.3) is 0 Å². The van der Waals surface area contributed by atoms with Gasteiger partial charge in [-0.1, -0.05) is 13.0 Å². The Kier molecular flexibility index (Phi) is 3.34. The van der Waals surface area contributed by atoms with E-state index in [-0.39, 0.29) is 6.04 Å². The smallest absolute Gasteiger partial charge is 0.0674 e. The molecule has 82 valence electrons. The van der Waals surface area contributed by atoms with Crippen LogP contribution in [0.2, 0.25) is 0 Å². The van der Waals surface area contributed by atoms with Gasteiger partial charge in [0.15, 0.2) is 0 Å². The molecule has 3 heteroatoms. The van der Waals surface area contributed by atoms with Crippen molar-refractivity contribution in [3.63, 3.8) is 0 Å². The van der Waals surface area contributed by atoms with Crippen LogP contribution in [0.25, 0.3) is 0 Å². The summed E-state index contributed by atoms with van der Waals surface area (Å²) in [5, 5.41) is 0. The van der Waals surface area contributed by atoms with E-state index in [0.29, 0.717) is 6.04 Å². The summed E-state index contributed by atoms with van der Waals surface area (Å²) in [6.45, 7) is 4.44. The van der Waals surface area contributed by atoms with Crippen LogP contribution in [0.3, 0.4) is 0 Å². The Labute approximate surface area is 91.3 Å². The molecule has 1 aromatic heterocycles. The predicted molar refractivity (Wildman–Crippen MR) is 61.4 cm³/mol. The third-order valence-corrected chi connectivity index (χ3v) is 3.05. The Morgan fingerprint density at radius 3 is 3.07 bits per heavy atom. The lowest BCUT2D eigenvalue weighted by Gasteiger charge is -2.25. The third-order valence-electron chi connectivity index (χ3n) is 3.05. The number of hydrogen-bond acceptors (Lipinski definition) is 3. The zero-order valence-electron chi connectivity index (χ0n) is 9.26.